The molecule has 1 amide bonds. The molecule has 0 saturated heterocycles. The van der Waals surface area contributed by atoms with E-state index in [1.807, 2.05) is 5.38 Å². The number of esters is 1. The number of nitrogens with zero attached hydrogens (tertiary/aromatic N) is 3. The normalized spacial score (nSPS) is 16.6. The quantitative estimate of drug-likeness (QED) is 0.519. The van der Waals surface area contributed by atoms with Gasteiger partial charge >= 0.3 is 5.97 Å². The summed E-state index contributed by atoms with van der Waals surface area (Å²) in [5, 5.41) is 15.6. The summed E-state index contributed by atoms with van der Waals surface area (Å²) in [7, 11) is 0. The van der Waals surface area contributed by atoms with Crippen LogP contribution in [0, 0.1) is 0 Å². The van der Waals surface area contributed by atoms with E-state index in [-0.39, 0.29) is 17.2 Å². The Hall–Kier alpha value is -3.20. The minimum atomic E-state index is -0.597. The highest BCUT2D eigenvalue weighted by atomic mass is 32.1. The number of hydrogen-bond acceptors (Lipinski definition) is 8. The molecule has 0 saturated carbocycles. The molecule has 2 aliphatic heterocycles. The van der Waals surface area contributed by atoms with Crippen molar-refractivity contribution in [3.63, 3.8) is 0 Å². The zero-order chi connectivity index (χ0) is 23.7. The van der Waals surface area contributed by atoms with Gasteiger partial charge in [-0.05, 0) is 39.0 Å². The van der Waals surface area contributed by atoms with Crippen LogP contribution in [0.15, 0.2) is 57.9 Å². The Balaban J connectivity index is 1.71. The van der Waals surface area contributed by atoms with Gasteiger partial charge in [0.15, 0.2) is 5.13 Å². The third kappa shape index (κ3) is 5.94. The fourth-order valence-corrected chi connectivity index (χ4v) is 3.73. The summed E-state index contributed by atoms with van der Waals surface area (Å²) < 4.78 is 5.23. The molecule has 9 heteroatoms. The molecule has 1 aromatic rings. The molecule has 170 valence electrons. The van der Waals surface area contributed by atoms with Crippen LogP contribution in [0.4, 0.5) is 5.13 Å². The van der Waals surface area contributed by atoms with Crippen molar-refractivity contribution < 1.29 is 19.4 Å². The molecule has 0 spiro atoms. The Bertz CT molecular complexity index is 1080. The van der Waals surface area contributed by atoms with Crippen LogP contribution < -0.4 is 5.32 Å². The number of aliphatic imine (C=N–C) groups is 1. The van der Waals surface area contributed by atoms with Crippen LogP contribution in [-0.2, 0) is 19.7 Å². The van der Waals surface area contributed by atoms with Gasteiger partial charge in [-0.2, -0.15) is 4.99 Å². The van der Waals surface area contributed by atoms with Gasteiger partial charge in [0.05, 0.1) is 12.2 Å². The number of carbonyl (C=O) groups is 2. The number of aliphatic hydroxyl groups excluding tert-OH is 1. The van der Waals surface area contributed by atoms with Crippen molar-refractivity contribution >= 4 is 34.2 Å². The molecule has 0 atom stereocenters. The molecule has 0 bridgehead atoms. The van der Waals surface area contributed by atoms with Crippen LogP contribution >= 0.6 is 11.3 Å². The number of anilines is 1. The van der Waals surface area contributed by atoms with E-state index in [0.29, 0.717) is 28.7 Å². The minimum Gasteiger partial charge on any atom is -0.493 e. The number of amides is 1. The average Bonchev–Trinajstić information content (AvgIpc) is 3.13. The van der Waals surface area contributed by atoms with E-state index < -0.39 is 11.6 Å². The lowest BCUT2D eigenvalue weighted by atomic mass is 9.93. The largest absolute Gasteiger partial charge is 0.493 e. The molecule has 0 aromatic carbocycles. The first-order chi connectivity index (χ1) is 14.8. The standard InChI is InChI=1S/C23H28N4O4S/c1-22(2,3)16-13-32-21(24-16)26-19(29)14-9-10-27-12-15(20(30)25-17(27)11-14)7-8-18(28)31-23(4,5)6/h7-11,13,30H,12H2,1-6H3,(H,24,26,29)/b8-7+. The molecule has 3 heterocycles. The second kappa shape index (κ2) is 8.74. The Morgan fingerprint density at radius 2 is 1.97 bits per heavy atom. The molecular weight excluding hydrogens is 428 g/mol. The number of carbonyl (C=O) groups excluding carboxylic acids is 2. The second-order valence-corrected chi connectivity index (χ2v) is 10.3. The van der Waals surface area contributed by atoms with Crippen LogP contribution in [0.5, 0.6) is 0 Å². The van der Waals surface area contributed by atoms with E-state index >= 15 is 0 Å². The van der Waals surface area contributed by atoms with Gasteiger partial charge in [-0.1, -0.05) is 20.8 Å². The SMILES string of the molecule is CC(C)(C)OC(=O)/C=C/C1=C(O)N=C2C=C(C(=O)Nc3nc(C(C)(C)C)cs3)C=CN2C1. The monoisotopic (exact) mass is 456 g/mol. The van der Waals surface area contributed by atoms with Crippen molar-refractivity contribution in [2.24, 2.45) is 4.99 Å². The van der Waals surface area contributed by atoms with Gasteiger partial charge in [0.1, 0.15) is 11.4 Å². The summed E-state index contributed by atoms with van der Waals surface area (Å²) in [5.74, 6) is -0.592. The first-order valence-electron chi connectivity index (χ1n) is 10.2. The number of fused-ring (bicyclic) bond motifs is 1. The van der Waals surface area contributed by atoms with E-state index in [2.05, 4.69) is 36.1 Å². The Morgan fingerprint density at radius 1 is 1.25 bits per heavy atom. The number of aliphatic hydroxyl groups is 1. The van der Waals surface area contributed by atoms with E-state index in [1.54, 1.807) is 44.0 Å². The van der Waals surface area contributed by atoms with Crippen LogP contribution in [0.1, 0.15) is 47.2 Å². The lowest BCUT2D eigenvalue weighted by molar-refractivity contribution is -0.148. The fraction of sp³-hybridized carbons (Fsp3) is 0.391. The molecule has 0 radical (unpaired) electrons. The van der Waals surface area contributed by atoms with Crippen LogP contribution in [0.3, 0.4) is 0 Å². The number of thiazole rings is 1. The van der Waals surface area contributed by atoms with Crippen molar-refractivity contribution in [1.82, 2.24) is 9.88 Å². The molecule has 0 unspecified atom stereocenters. The Labute approximate surface area is 191 Å². The lowest BCUT2D eigenvalue weighted by Crippen LogP contribution is -2.33. The lowest BCUT2D eigenvalue weighted by Gasteiger charge is -2.27. The van der Waals surface area contributed by atoms with Crippen LogP contribution in [-0.4, -0.2) is 44.8 Å². The third-order valence-corrected chi connectivity index (χ3v) is 5.20. The van der Waals surface area contributed by atoms with Gasteiger partial charge in [-0.25, -0.2) is 9.78 Å². The van der Waals surface area contributed by atoms with Crippen molar-refractivity contribution in [2.75, 3.05) is 11.9 Å². The first kappa shape index (κ1) is 23.5. The topological polar surface area (TPSA) is 104 Å². The highest BCUT2D eigenvalue weighted by molar-refractivity contribution is 7.14. The maximum Gasteiger partial charge on any atom is 0.331 e. The number of ether oxygens (including phenoxy) is 1. The Morgan fingerprint density at radius 3 is 2.59 bits per heavy atom. The molecule has 8 nitrogen and oxygen atoms in total. The van der Waals surface area contributed by atoms with E-state index in [0.717, 1.165) is 5.69 Å². The van der Waals surface area contributed by atoms with Crippen molar-refractivity contribution in [3.8, 4) is 0 Å². The smallest absolute Gasteiger partial charge is 0.331 e. The molecular formula is C23H28N4O4S. The zero-order valence-corrected chi connectivity index (χ0v) is 19.9. The molecule has 0 fully saturated rings. The van der Waals surface area contributed by atoms with Crippen LogP contribution in [0.25, 0.3) is 0 Å². The number of amidine groups is 1. The van der Waals surface area contributed by atoms with Gasteiger partial charge in [-0.3, -0.25) is 10.1 Å². The molecule has 1 aromatic heterocycles. The maximum absolute atomic E-state index is 12.7. The third-order valence-electron chi connectivity index (χ3n) is 4.44. The predicted octanol–water partition coefficient (Wildman–Crippen LogP) is 4.21. The van der Waals surface area contributed by atoms with Gasteiger partial charge in [0.2, 0.25) is 5.88 Å². The molecule has 32 heavy (non-hydrogen) atoms. The first-order valence-corrected chi connectivity index (χ1v) is 11.1. The summed E-state index contributed by atoms with van der Waals surface area (Å²) in [6.07, 6.45) is 7.73. The number of nitrogens with one attached hydrogen (secondary N) is 1. The summed E-state index contributed by atoms with van der Waals surface area (Å²) in [4.78, 5) is 35.0. The van der Waals surface area contributed by atoms with E-state index in [1.165, 1.54) is 23.5 Å². The van der Waals surface area contributed by atoms with E-state index in [9.17, 15) is 14.7 Å². The second-order valence-electron chi connectivity index (χ2n) is 9.47. The maximum atomic E-state index is 12.7. The van der Waals surface area contributed by atoms with Gasteiger partial charge < -0.3 is 14.7 Å². The van der Waals surface area contributed by atoms with Crippen molar-refractivity contribution in [1.29, 1.82) is 0 Å². The van der Waals surface area contributed by atoms with Gasteiger partial charge in [0, 0.05) is 34.2 Å². The summed E-state index contributed by atoms with van der Waals surface area (Å²) in [6, 6.07) is 0. The number of rotatable bonds is 4. The highest BCUT2D eigenvalue weighted by Gasteiger charge is 2.24. The zero-order valence-electron chi connectivity index (χ0n) is 19.1. The summed E-state index contributed by atoms with van der Waals surface area (Å²) in [5.41, 5.74) is 1.08. The minimum absolute atomic E-state index is 0.0969. The van der Waals surface area contributed by atoms with Crippen LogP contribution in [0.2, 0.25) is 0 Å². The number of hydrogen-bond donors (Lipinski definition) is 2. The summed E-state index contributed by atoms with van der Waals surface area (Å²) >= 11 is 1.38. The van der Waals surface area contributed by atoms with Gasteiger partial charge in [-0.15, -0.1) is 11.3 Å². The predicted molar refractivity (Wildman–Crippen MR) is 125 cm³/mol. The van der Waals surface area contributed by atoms with Gasteiger partial charge in [0.25, 0.3) is 5.91 Å². The number of aromatic nitrogens is 1. The van der Waals surface area contributed by atoms with Crippen molar-refractivity contribution in [2.45, 2.75) is 52.6 Å². The average molecular weight is 457 g/mol. The molecule has 0 aliphatic carbocycles. The Kier molecular flexibility index (Phi) is 6.41. The molecule has 3 rings (SSSR count). The van der Waals surface area contributed by atoms with E-state index in [4.69, 9.17) is 4.74 Å². The molecule has 2 N–H and O–H groups in total. The highest BCUT2D eigenvalue weighted by Crippen LogP contribution is 2.27. The summed E-state index contributed by atoms with van der Waals surface area (Å²) in [6.45, 7) is 11.8. The molecule has 2 aliphatic rings. The van der Waals surface area contributed by atoms with Crippen molar-refractivity contribution in [3.05, 3.63) is 58.6 Å². The fourth-order valence-electron chi connectivity index (χ4n) is 2.80.